The van der Waals surface area contributed by atoms with E-state index >= 15 is 0 Å². The predicted molar refractivity (Wildman–Crippen MR) is 75.0 cm³/mol. The first-order valence-electron chi connectivity index (χ1n) is 5.60. The summed E-state index contributed by atoms with van der Waals surface area (Å²) in [5, 5.41) is 11.7. The minimum Gasteiger partial charge on any atom is -0.444 e. The van der Waals surface area contributed by atoms with Crippen LogP contribution in [-0.4, -0.2) is 5.91 Å². The van der Waals surface area contributed by atoms with E-state index < -0.39 is 0 Å². The molecule has 0 aliphatic rings. The van der Waals surface area contributed by atoms with Gasteiger partial charge in [0.05, 0.1) is 0 Å². The first-order chi connectivity index (χ1) is 9.02. The molecule has 1 N–H and O–H groups in total. The highest BCUT2D eigenvalue weighted by Crippen LogP contribution is 2.26. The fourth-order valence-corrected chi connectivity index (χ4v) is 2.05. The normalized spacial score (nSPS) is 10.0. The van der Waals surface area contributed by atoms with Gasteiger partial charge in [-0.2, -0.15) is 5.26 Å². The van der Waals surface area contributed by atoms with Crippen molar-refractivity contribution in [1.82, 2.24) is 0 Å². The maximum Gasteiger partial charge on any atom is 0.258 e. The molecule has 96 valence electrons. The van der Waals surface area contributed by atoms with Gasteiger partial charge in [-0.15, -0.1) is 0 Å². The van der Waals surface area contributed by atoms with Gasteiger partial charge in [0.15, 0.2) is 0 Å². The summed E-state index contributed by atoms with van der Waals surface area (Å²) in [5.41, 5.74) is 1.60. The summed E-state index contributed by atoms with van der Waals surface area (Å²) in [4.78, 5) is 12.1. The van der Waals surface area contributed by atoms with Crippen molar-refractivity contribution in [2.45, 2.75) is 13.8 Å². The Balaban J connectivity index is 2.30. The van der Waals surface area contributed by atoms with Crippen molar-refractivity contribution in [2.75, 3.05) is 5.32 Å². The number of anilines is 1. The Morgan fingerprint density at radius 3 is 2.79 bits per heavy atom. The highest BCUT2D eigenvalue weighted by atomic mass is 79.9. The van der Waals surface area contributed by atoms with E-state index in [2.05, 4.69) is 21.2 Å². The van der Waals surface area contributed by atoms with E-state index in [1.165, 1.54) is 0 Å². The van der Waals surface area contributed by atoms with Crippen LogP contribution in [0.3, 0.4) is 0 Å². The molecule has 1 heterocycles. The molecule has 0 radical (unpaired) electrons. The van der Waals surface area contributed by atoms with Gasteiger partial charge < -0.3 is 4.42 Å². The molecule has 0 aliphatic carbocycles. The third-order valence-corrected chi connectivity index (χ3v) is 3.30. The van der Waals surface area contributed by atoms with Gasteiger partial charge in [0, 0.05) is 15.6 Å². The van der Waals surface area contributed by atoms with E-state index in [9.17, 15) is 4.79 Å². The van der Waals surface area contributed by atoms with E-state index in [4.69, 9.17) is 9.68 Å². The van der Waals surface area contributed by atoms with E-state index in [1.54, 1.807) is 32.0 Å². The van der Waals surface area contributed by atoms with E-state index in [0.717, 1.165) is 10.0 Å². The summed E-state index contributed by atoms with van der Waals surface area (Å²) in [7, 11) is 0. The second-order valence-electron chi connectivity index (χ2n) is 4.06. The summed E-state index contributed by atoms with van der Waals surface area (Å²) in [6.07, 6.45) is 0. The van der Waals surface area contributed by atoms with Crippen LogP contribution in [0.4, 0.5) is 5.88 Å². The van der Waals surface area contributed by atoms with Crippen molar-refractivity contribution < 1.29 is 9.21 Å². The molecular weight excluding hydrogens is 308 g/mol. The number of carbonyl (C=O) groups is 1. The third kappa shape index (κ3) is 2.69. The molecule has 0 saturated heterocycles. The monoisotopic (exact) mass is 318 g/mol. The van der Waals surface area contributed by atoms with E-state index in [1.807, 2.05) is 12.1 Å². The van der Waals surface area contributed by atoms with Crippen molar-refractivity contribution in [3.05, 3.63) is 51.2 Å². The van der Waals surface area contributed by atoms with Crippen LogP contribution in [-0.2, 0) is 0 Å². The third-order valence-electron chi connectivity index (χ3n) is 2.81. The molecule has 2 aromatic rings. The molecule has 1 amide bonds. The van der Waals surface area contributed by atoms with Crippen molar-refractivity contribution in [1.29, 1.82) is 5.26 Å². The van der Waals surface area contributed by atoms with Gasteiger partial charge in [0.1, 0.15) is 17.4 Å². The molecule has 0 bridgehead atoms. The maximum atomic E-state index is 12.1. The molecule has 0 saturated carbocycles. The van der Waals surface area contributed by atoms with Crippen LogP contribution >= 0.6 is 15.9 Å². The number of benzene rings is 1. The van der Waals surface area contributed by atoms with Gasteiger partial charge >= 0.3 is 0 Å². The number of nitrogens with zero attached hydrogens (tertiary/aromatic N) is 1. The fourth-order valence-electron chi connectivity index (χ4n) is 1.65. The Morgan fingerprint density at radius 1 is 1.42 bits per heavy atom. The molecule has 4 nitrogen and oxygen atoms in total. The van der Waals surface area contributed by atoms with Gasteiger partial charge in [-0.25, -0.2) is 0 Å². The Bertz CT molecular complexity index is 683. The van der Waals surface area contributed by atoms with Crippen LogP contribution in [0.15, 0.2) is 33.2 Å². The van der Waals surface area contributed by atoms with Crippen LogP contribution in [0.1, 0.15) is 27.2 Å². The van der Waals surface area contributed by atoms with E-state index in [0.29, 0.717) is 16.9 Å². The van der Waals surface area contributed by atoms with Crippen molar-refractivity contribution >= 4 is 27.7 Å². The molecule has 19 heavy (non-hydrogen) atoms. The molecule has 1 aromatic heterocycles. The quantitative estimate of drug-likeness (QED) is 0.916. The highest BCUT2D eigenvalue weighted by molar-refractivity contribution is 9.10. The molecule has 5 heteroatoms. The molecule has 0 spiro atoms. The summed E-state index contributed by atoms with van der Waals surface area (Å²) >= 11 is 3.30. The molecular formula is C14H11BrN2O2. The number of nitrogens with one attached hydrogen (secondary N) is 1. The highest BCUT2D eigenvalue weighted by Gasteiger charge is 2.17. The summed E-state index contributed by atoms with van der Waals surface area (Å²) in [6, 6.07) is 9.02. The summed E-state index contributed by atoms with van der Waals surface area (Å²) < 4.78 is 6.21. The number of rotatable bonds is 2. The summed E-state index contributed by atoms with van der Waals surface area (Å²) in [6.45, 7) is 3.54. The largest absolute Gasteiger partial charge is 0.444 e. The van der Waals surface area contributed by atoms with Gasteiger partial charge in [0.2, 0.25) is 5.88 Å². The number of carbonyl (C=O) groups excluding carboxylic acids is 1. The number of amides is 1. The lowest BCUT2D eigenvalue weighted by molar-refractivity contribution is 0.102. The second kappa shape index (κ2) is 5.29. The number of furan rings is 1. The number of hydrogen-bond acceptors (Lipinski definition) is 3. The lowest BCUT2D eigenvalue weighted by atomic mass is 10.2. The zero-order valence-electron chi connectivity index (χ0n) is 10.5. The second-order valence-corrected chi connectivity index (χ2v) is 4.98. The lowest BCUT2D eigenvalue weighted by Crippen LogP contribution is -2.12. The van der Waals surface area contributed by atoms with Gasteiger partial charge in [-0.05, 0) is 32.0 Å². The smallest absolute Gasteiger partial charge is 0.258 e. The molecule has 0 fully saturated rings. The van der Waals surface area contributed by atoms with Gasteiger partial charge in [-0.1, -0.05) is 22.0 Å². The Labute approximate surface area is 119 Å². The summed E-state index contributed by atoms with van der Waals surface area (Å²) in [5.74, 6) is 0.509. The SMILES string of the molecule is Cc1oc(NC(=O)c2cccc(Br)c2)c(C#N)c1C. The first-order valence-corrected chi connectivity index (χ1v) is 6.39. The molecule has 2 rings (SSSR count). The van der Waals surface area contributed by atoms with Crippen molar-refractivity contribution in [2.24, 2.45) is 0 Å². The standard InChI is InChI=1S/C14H11BrN2O2/c1-8-9(2)19-14(12(8)7-16)17-13(18)10-4-3-5-11(15)6-10/h3-6H,1-2H3,(H,17,18). The lowest BCUT2D eigenvalue weighted by Gasteiger charge is -2.03. The van der Waals surface area contributed by atoms with Crippen LogP contribution in [0, 0.1) is 25.2 Å². The Kier molecular flexibility index (Phi) is 3.72. The predicted octanol–water partition coefficient (Wildman–Crippen LogP) is 3.78. The number of aryl methyl sites for hydroxylation is 1. The van der Waals surface area contributed by atoms with Crippen LogP contribution < -0.4 is 5.32 Å². The number of hydrogen-bond donors (Lipinski definition) is 1. The van der Waals surface area contributed by atoms with Gasteiger partial charge in [0.25, 0.3) is 5.91 Å². The number of nitriles is 1. The van der Waals surface area contributed by atoms with E-state index in [-0.39, 0.29) is 11.8 Å². The Morgan fingerprint density at radius 2 is 2.16 bits per heavy atom. The Hall–Kier alpha value is -2.06. The maximum absolute atomic E-state index is 12.1. The van der Waals surface area contributed by atoms with Crippen molar-refractivity contribution in [3.63, 3.8) is 0 Å². The van der Waals surface area contributed by atoms with Crippen LogP contribution in [0.25, 0.3) is 0 Å². The van der Waals surface area contributed by atoms with Crippen LogP contribution in [0.2, 0.25) is 0 Å². The minimum absolute atomic E-state index is 0.197. The molecule has 0 unspecified atom stereocenters. The average molecular weight is 319 g/mol. The number of halogens is 1. The van der Waals surface area contributed by atoms with Gasteiger partial charge in [-0.3, -0.25) is 10.1 Å². The first kappa shape index (κ1) is 13.4. The molecule has 0 atom stereocenters. The topological polar surface area (TPSA) is 66.0 Å². The van der Waals surface area contributed by atoms with Crippen LogP contribution in [0.5, 0.6) is 0 Å². The molecule has 1 aromatic carbocycles. The zero-order valence-corrected chi connectivity index (χ0v) is 12.0. The molecule has 0 aliphatic heterocycles. The van der Waals surface area contributed by atoms with Crippen molar-refractivity contribution in [3.8, 4) is 6.07 Å². The average Bonchev–Trinajstić information content (AvgIpc) is 2.64. The fraction of sp³-hybridized carbons (Fsp3) is 0.143. The minimum atomic E-state index is -0.313. The zero-order chi connectivity index (χ0) is 14.0.